The molecule has 0 aromatic heterocycles. The predicted octanol–water partition coefficient (Wildman–Crippen LogP) is 2.35. The fourth-order valence-electron chi connectivity index (χ4n) is 1.41. The minimum absolute atomic E-state index is 0.277. The van der Waals surface area contributed by atoms with Crippen molar-refractivity contribution in [3.8, 4) is 0 Å². The van der Waals surface area contributed by atoms with Crippen molar-refractivity contribution in [1.29, 1.82) is 0 Å². The molecule has 0 fully saturated rings. The Morgan fingerprint density at radius 2 is 1.58 bits per heavy atom. The summed E-state index contributed by atoms with van der Waals surface area (Å²) in [5.41, 5.74) is 6.23. The molecule has 3 N–H and O–H groups in total. The van der Waals surface area contributed by atoms with Crippen LogP contribution in [-0.2, 0) is 10.0 Å². The van der Waals surface area contributed by atoms with Gasteiger partial charge in [-0.05, 0) is 42.5 Å². The number of sulfonamides is 1. The van der Waals surface area contributed by atoms with E-state index in [1.807, 2.05) is 0 Å². The van der Waals surface area contributed by atoms with E-state index >= 15 is 0 Å². The van der Waals surface area contributed by atoms with Gasteiger partial charge in [-0.1, -0.05) is 0 Å². The molecule has 0 amide bonds. The van der Waals surface area contributed by atoms with Crippen LogP contribution in [0.2, 0.25) is 0 Å². The van der Waals surface area contributed by atoms with Gasteiger partial charge in [-0.15, -0.1) is 0 Å². The molecule has 0 heterocycles. The fraction of sp³-hybridized carbons (Fsp3) is 0. The van der Waals surface area contributed by atoms with Crippen LogP contribution in [0.15, 0.2) is 47.4 Å². The van der Waals surface area contributed by atoms with Gasteiger partial charge in [0.1, 0.15) is 0 Å². The molecule has 2 aromatic carbocycles. The molecule has 4 nitrogen and oxygen atoms in total. The molecule has 0 radical (unpaired) electrons. The third-order valence-corrected chi connectivity index (χ3v) is 3.74. The molecule has 0 unspecified atom stereocenters. The third-order valence-electron chi connectivity index (χ3n) is 2.36. The highest BCUT2D eigenvalue weighted by atomic mass is 32.2. The van der Waals surface area contributed by atoms with Crippen LogP contribution in [0.3, 0.4) is 0 Å². The van der Waals surface area contributed by atoms with E-state index in [-0.39, 0.29) is 10.6 Å². The predicted molar refractivity (Wildman–Crippen MR) is 68.0 cm³/mol. The Hall–Kier alpha value is -2.15. The molecule has 0 saturated carbocycles. The Kier molecular flexibility index (Phi) is 3.39. The van der Waals surface area contributed by atoms with E-state index in [0.29, 0.717) is 11.8 Å². The van der Waals surface area contributed by atoms with E-state index in [2.05, 4.69) is 4.72 Å². The summed E-state index contributed by atoms with van der Waals surface area (Å²) in [7, 11) is -3.96. The number of halogens is 2. The van der Waals surface area contributed by atoms with Crippen molar-refractivity contribution in [2.75, 3.05) is 10.5 Å². The number of hydrogen-bond acceptors (Lipinski definition) is 3. The monoisotopic (exact) mass is 284 g/mol. The van der Waals surface area contributed by atoms with E-state index in [1.54, 1.807) is 0 Å². The lowest BCUT2D eigenvalue weighted by Crippen LogP contribution is -2.13. The summed E-state index contributed by atoms with van der Waals surface area (Å²) < 4.78 is 51.8. The van der Waals surface area contributed by atoms with Crippen LogP contribution >= 0.6 is 0 Å². The lowest BCUT2D eigenvalue weighted by molar-refractivity contribution is 0.504. The van der Waals surface area contributed by atoms with Crippen molar-refractivity contribution in [3.05, 3.63) is 54.1 Å². The van der Waals surface area contributed by atoms with Gasteiger partial charge < -0.3 is 5.73 Å². The van der Waals surface area contributed by atoms with Crippen molar-refractivity contribution in [2.24, 2.45) is 0 Å². The average Bonchev–Trinajstić information content (AvgIpc) is 2.35. The standard InChI is InChI=1S/C12H10F2N2O2S/c13-11-6-5-10(7-12(11)14)19(17,18)16-9-3-1-8(15)2-4-9/h1-7,16H,15H2. The molecular weight excluding hydrogens is 274 g/mol. The molecular formula is C12H10F2N2O2S. The highest BCUT2D eigenvalue weighted by Crippen LogP contribution is 2.18. The Bertz CT molecular complexity index is 700. The Morgan fingerprint density at radius 3 is 2.16 bits per heavy atom. The van der Waals surface area contributed by atoms with Gasteiger partial charge in [-0.3, -0.25) is 4.72 Å². The molecule has 0 bridgehead atoms. The van der Waals surface area contributed by atoms with Gasteiger partial charge in [0.2, 0.25) is 0 Å². The van der Waals surface area contributed by atoms with Crippen molar-refractivity contribution in [2.45, 2.75) is 4.90 Å². The van der Waals surface area contributed by atoms with Crippen LogP contribution in [-0.4, -0.2) is 8.42 Å². The topological polar surface area (TPSA) is 72.2 Å². The molecule has 0 spiro atoms. The zero-order valence-corrected chi connectivity index (χ0v) is 10.4. The Balaban J connectivity index is 2.32. The first-order valence-electron chi connectivity index (χ1n) is 5.22. The Morgan fingerprint density at radius 1 is 0.947 bits per heavy atom. The minimum Gasteiger partial charge on any atom is -0.399 e. The van der Waals surface area contributed by atoms with Gasteiger partial charge in [0.15, 0.2) is 11.6 Å². The van der Waals surface area contributed by atoms with Gasteiger partial charge in [0.05, 0.1) is 4.90 Å². The molecule has 0 saturated heterocycles. The number of benzene rings is 2. The molecule has 2 rings (SSSR count). The first-order valence-corrected chi connectivity index (χ1v) is 6.70. The summed E-state index contributed by atoms with van der Waals surface area (Å²) in [6.07, 6.45) is 0. The molecule has 100 valence electrons. The van der Waals surface area contributed by atoms with Crippen LogP contribution in [0.5, 0.6) is 0 Å². The first-order chi connectivity index (χ1) is 8.88. The lowest BCUT2D eigenvalue weighted by Gasteiger charge is -2.08. The van der Waals surface area contributed by atoms with Crippen molar-refractivity contribution >= 4 is 21.4 Å². The van der Waals surface area contributed by atoms with Gasteiger partial charge in [0.25, 0.3) is 10.0 Å². The molecule has 2 aromatic rings. The maximum Gasteiger partial charge on any atom is 0.261 e. The maximum atomic E-state index is 13.0. The highest BCUT2D eigenvalue weighted by Gasteiger charge is 2.16. The van der Waals surface area contributed by atoms with Crippen molar-refractivity contribution in [3.63, 3.8) is 0 Å². The summed E-state index contributed by atoms with van der Waals surface area (Å²) >= 11 is 0. The van der Waals surface area contributed by atoms with Crippen LogP contribution in [0.25, 0.3) is 0 Å². The second kappa shape index (κ2) is 4.85. The second-order valence-corrected chi connectivity index (χ2v) is 5.49. The van der Waals surface area contributed by atoms with Gasteiger partial charge >= 0.3 is 0 Å². The third kappa shape index (κ3) is 3.00. The number of anilines is 2. The summed E-state index contributed by atoms with van der Waals surface area (Å²) in [4.78, 5) is -0.358. The second-order valence-electron chi connectivity index (χ2n) is 3.80. The number of nitrogens with two attached hydrogens (primary N) is 1. The molecule has 0 aliphatic heterocycles. The molecule has 0 aliphatic carbocycles. The van der Waals surface area contributed by atoms with Crippen LogP contribution in [0.4, 0.5) is 20.2 Å². The summed E-state index contributed by atoms with van der Waals surface area (Å²) in [6, 6.07) is 8.33. The number of nitrogens with one attached hydrogen (secondary N) is 1. The normalized spacial score (nSPS) is 11.3. The zero-order chi connectivity index (χ0) is 14.0. The van der Waals surface area contributed by atoms with Gasteiger partial charge in [-0.25, -0.2) is 17.2 Å². The van der Waals surface area contributed by atoms with E-state index in [0.717, 1.165) is 12.1 Å². The van der Waals surface area contributed by atoms with E-state index in [1.165, 1.54) is 24.3 Å². The van der Waals surface area contributed by atoms with Crippen molar-refractivity contribution < 1.29 is 17.2 Å². The number of hydrogen-bond donors (Lipinski definition) is 2. The lowest BCUT2D eigenvalue weighted by atomic mass is 10.3. The highest BCUT2D eigenvalue weighted by molar-refractivity contribution is 7.92. The number of nitrogen functional groups attached to an aromatic ring is 1. The molecule has 0 atom stereocenters. The van der Waals surface area contributed by atoms with Gasteiger partial charge in [-0.2, -0.15) is 0 Å². The fourth-order valence-corrected chi connectivity index (χ4v) is 2.48. The maximum absolute atomic E-state index is 13.0. The van der Waals surface area contributed by atoms with Crippen LogP contribution < -0.4 is 10.5 Å². The summed E-state index contributed by atoms with van der Waals surface area (Å²) in [5.74, 6) is -2.33. The molecule has 0 aliphatic rings. The minimum atomic E-state index is -3.96. The molecule has 19 heavy (non-hydrogen) atoms. The Labute approximate surface area is 108 Å². The van der Waals surface area contributed by atoms with Crippen LogP contribution in [0.1, 0.15) is 0 Å². The smallest absolute Gasteiger partial charge is 0.261 e. The van der Waals surface area contributed by atoms with Crippen LogP contribution in [0, 0.1) is 11.6 Å². The van der Waals surface area contributed by atoms with E-state index in [9.17, 15) is 17.2 Å². The van der Waals surface area contributed by atoms with E-state index < -0.39 is 21.7 Å². The van der Waals surface area contributed by atoms with Gasteiger partial charge in [0, 0.05) is 11.4 Å². The quantitative estimate of drug-likeness (QED) is 0.850. The number of rotatable bonds is 3. The van der Waals surface area contributed by atoms with Crippen molar-refractivity contribution in [1.82, 2.24) is 0 Å². The SMILES string of the molecule is Nc1ccc(NS(=O)(=O)c2ccc(F)c(F)c2)cc1. The zero-order valence-electron chi connectivity index (χ0n) is 9.60. The first kappa shape index (κ1) is 13.3. The summed E-state index contributed by atoms with van der Waals surface area (Å²) in [6.45, 7) is 0. The van der Waals surface area contributed by atoms with E-state index in [4.69, 9.17) is 5.73 Å². The largest absolute Gasteiger partial charge is 0.399 e. The summed E-state index contributed by atoms with van der Waals surface area (Å²) in [5, 5.41) is 0. The molecule has 7 heteroatoms. The average molecular weight is 284 g/mol.